The number of esters is 1. The van der Waals surface area contributed by atoms with Crippen molar-refractivity contribution in [1.29, 1.82) is 0 Å². The highest BCUT2D eigenvalue weighted by atomic mass is 32.1. The van der Waals surface area contributed by atoms with Crippen LogP contribution in [0, 0.1) is 6.92 Å². The maximum absolute atomic E-state index is 13.1. The van der Waals surface area contributed by atoms with E-state index < -0.39 is 5.97 Å². The lowest BCUT2D eigenvalue weighted by Crippen LogP contribution is -2.26. The number of ether oxygens (including phenoxy) is 1. The van der Waals surface area contributed by atoms with Gasteiger partial charge in [-0.3, -0.25) is 14.2 Å². The summed E-state index contributed by atoms with van der Waals surface area (Å²) in [7, 11) is 0. The Morgan fingerprint density at radius 1 is 1.14 bits per heavy atom. The first-order valence-electron chi connectivity index (χ1n) is 9.31. The summed E-state index contributed by atoms with van der Waals surface area (Å²) in [5.41, 5.74) is 3.61. The van der Waals surface area contributed by atoms with Gasteiger partial charge in [-0.05, 0) is 25.0 Å². The number of thiophene rings is 1. The SMILES string of the molecule is Cc1ccc(-c2csc3ncn(CC(=O)O[C@H](C)c4ccccc4)c(=O)c23)cc1. The van der Waals surface area contributed by atoms with Crippen molar-refractivity contribution in [3.63, 3.8) is 0 Å². The fourth-order valence-electron chi connectivity index (χ4n) is 3.19. The maximum Gasteiger partial charge on any atom is 0.326 e. The summed E-state index contributed by atoms with van der Waals surface area (Å²) < 4.78 is 6.81. The van der Waals surface area contributed by atoms with Crippen molar-refractivity contribution in [2.75, 3.05) is 0 Å². The number of nitrogens with zero attached hydrogens (tertiary/aromatic N) is 2. The fraction of sp³-hybridized carbons (Fsp3) is 0.174. The number of aromatic nitrogens is 2. The molecular weight excluding hydrogens is 384 g/mol. The molecule has 2 heterocycles. The zero-order valence-electron chi connectivity index (χ0n) is 16.2. The van der Waals surface area contributed by atoms with E-state index in [-0.39, 0.29) is 18.2 Å². The second kappa shape index (κ2) is 8.01. The molecule has 2 aromatic heterocycles. The molecule has 1 atom stereocenters. The number of carbonyl (C=O) groups excluding carboxylic acids is 1. The van der Waals surface area contributed by atoms with E-state index in [2.05, 4.69) is 4.98 Å². The van der Waals surface area contributed by atoms with Crippen LogP contribution in [0.1, 0.15) is 24.2 Å². The molecule has 0 amide bonds. The van der Waals surface area contributed by atoms with Crippen molar-refractivity contribution in [1.82, 2.24) is 9.55 Å². The van der Waals surface area contributed by atoms with Crippen LogP contribution in [0.4, 0.5) is 0 Å². The third kappa shape index (κ3) is 3.98. The molecule has 0 aliphatic carbocycles. The molecule has 4 aromatic rings. The lowest BCUT2D eigenvalue weighted by atomic mass is 10.1. The van der Waals surface area contributed by atoms with E-state index in [4.69, 9.17) is 4.74 Å². The van der Waals surface area contributed by atoms with Crippen molar-refractivity contribution < 1.29 is 9.53 Å². The van der Waals surface area contributed by atoms with E-state index in [1.165, 1.54) is 22.2 Å². The lowest BCUT2D eigenvalue weighted by molar-refractivity contribution is -0.149. The fourth-order valence-corrected chi connectivity index (χ4v) is 4.10. The molecule has 0 saturated carbocycles. The number of carbonyl (C=O) groups is 1. The first-order valence-corrected chi connectivity index (χ1v) is 10.2. The minimum absolute atomic E-state index is 0.178. The Hall–Kier alpha value is -3.25. The van der Waals surface area contributed by atoms with E-state index >= 15 is 0 Å². The molecular formula is C23H20N2O3S. The summed E-state index contributed by atoms with van der Waals surface area (Å²) in [4.78, 5) is 30.5. The molecule has 6 heteroatoms. The van der Waals surface area contributed by atoms with Crippen LogP contribution in [0.2, 0.25) is 0 Å². The number of fused-ring (bicyclic) bond motifs is 1. The number of aryl methyl sites for hydroxylation is 1. The van der Waals surface area contributed by atoms with Gasteiger partial charge in [0, 0.05) is 10.9 Å². The monoisotopic (exact) mass is 404 g/mol. The van der Waals surface area contributed by atoms with Crippen molar-refractivity contribution in [3.05, 3.63) is 87.8 Å². The van der Waals surface area contributed by atoms with Crippen molar-refractivity contribution in [2.45, 2.75) is 26.5 Å². The Morgan fingerprint density at radius 2 is 1.86 bits per heavy atom. The Kier molecular flexibility index (Phi) is 5.27. The number of rotatable bonds is 5. The van der Waals surface area contributed by atoms with Gasteiger partial charge in [0.15, 0.2) is 0 Å². The Bertz CT molecular complexity index is 1210. The molecule has 0 unspecified atom stereocenters. The largest absolute Gasteiger partial charge is 0.456 e. The summed E-state index contributed by atoms with van der Waals surface area (Å²) in [6.45, 7) is 3.65. The third-order valence-corrected chi connectivity index (χ3v) is 5.69. The molecule has 0 bridgehead atoms. The van der Waals surface area contributed by atoms with Gasteiger partial charge in [-0.15, -0.1) is 11.3 Å². The first-order chi connectivity index (χ1) is 14.0. The predicted octanol–water partition coefficient (Wildman–Crippen LogP) is 4.74. The molecule has 0 spiro atoms. The average molecular weight is 404 g/mol. The molecule has 0 saturated heterocycles. The summed E-state index contributed by atoms with van der Waals surface area (Å²) in [6.07, 6.45) is 1.02. The minimum Gasteiger partial charge on any atom is -0.456 e. The van der Waals surface area contributed by atoms with Gasteiger partial charge in [0.2, 0.25) is 0 Å². The van der Waals surface area contributed by atoms with Crippen LogP contribution in [0.5, 0.6) is 0 Å². The molecule has 0 aliphatic rings. The van der Waals surface area contributed by atoms with Crippen LogP contribution < -0.4 is 5.56 Å². The van der Waals surface area contributed by atoms with Gasteiger partial charge in [-0.2, -0.15) is 0 Å². The Balaban J connectivity index is 1.60. The van der Waals surface area contributed by atoms with E-state index in [1.807, 2.05) is 73.8 Å². The molecule has 0 radical (unpaired) electrons. The van der Waals surface area contributed by atoms with Crippen LogP contribution in [0.3, 0.4) is 0 Å². The van der Waals surface area contributed by atoms with Crippen molar-refractivity contribution >= 4 is 27.5 Å². The Labute approximate surface area is 172 Å². The zero-order valence-corrected chi connectivity index (χ0v) is 17.0. The van der Waals surface area contributed by atoms with Crippen molar-refractivity contribution in [3.8, 4) is 11.1 Å². The molecule has 0 aliphatic heterocycles. The predicted molar refractivity (Wildman–Crippen MR) is 115 cm³/mol. The van der Waals surface area contributed by atoms with E-state index in [0.717, 1.165) is 22.3 Å². The maximum atomic E-state index is 13.1. The average Bonchev–Trinajstić information content (AvgIpc) is 3.16. The van der Waals surface area contributed by atoms with Gasteiger partial charge in [0.25, 0.3) is 5.56 Å². The van der Waals surface area contributed by atoms with Gasteiger partial charge < -0.3 is 4.74 Å². The number of hydrogen-bond acceptors (Lipinski definition) is 5. The highest BCUT2D eigenvalue weighted by Crippen LogP contribution is 2.30. The molecule has 2 aromatic carbocycles. The lowest BCUT2D eigenvalue weighted by Gasteiger charge is -2.14. The standard InChI is InChI=1S/C23H20N2O3S/c1-15-8-10-18(11-9-15)19-13-29-22-21(19)23(27)25(14-24-22)12-20(26)28-16(2)17-6-4-3-5-7-17/h3-11,13-14,16H,12H2,1-2H3/t16-/m1/s1. The van der Waals surface area contributed by atoms with Gasteiger partial charge in [0.1, 0.15) is 17.5 Å². The second-order valence-corrected chi connectivity index (χ2v) is 7.77. The normalized spacial score (nSPS) is 12.1. The molecule has 0 N–H and O–H groups in total. The second-order valence-electron chi connectivity index (χ2n) is 6.92. The van der Waals surface area contributed by atoms with Crippen LogP contribution in [0.25, 0.3) is 21.3 Å². The minimum atomic E-state index is -0.475. The zero-order chi connectivity index (χ0) is 20.4. The topological polar surface area (TPSA) is 61.2 Å². The summed E-state index contributed by atoms with van der Waals surface area (Å²) in [5.74, 6) is -0.475. The third-order valence-electron chi connectivity index (χ3n) is 4.80. The van der Waals surface area contributed by atoms with Gasteiger partial charge >= 0.3 is 5.97 Å². The molecule has 5 nitrogen and oxygen atoms in total. The van der Waals surface area contributed by atoms with Crippen LogP contribution in [-0.4, -0.2) is 15.5 Å². The van der Waals surface area contributed by atoms with E-state index in [0.29, 0.717) is 10.2 Å². The summed E-state index contributed by atoms with van der Waals surface area (Å²) >= 11 is 1.42. The van der Waals surface area contributed by atoms with E-state index in [1.54, 1.807) is 0 Å². The highest BCUT2D eigenvalue weighted by Gasteiger charge is 2.17. The van der Waals surface area contributed by atoms with Gasteiger partial charge in [-0.1, -0.05) is 60.2 Å². The summed E-state index contributed by atoms with van der Waals surface area (Å²) in [5, 5.41) is 2.47. The smallest absolute Gasteiger partial charge is 0.326 e. The van der Waals surface area contributed by atoms with Crippen LogP contribution in [0.15, 0.2) is 71.1 Å². The molecule has 146 valence electrons. The number of hydrogen-bond donors (Lipinski definition) is 0. The Morgan fingerprint density at radius 3 is 2.59 bits per heavy atom. The molecule has 4 rings (SSSR count). The number of benzene rings is 2. The molecule has 29 heavy (non-hydrogen) atoms. The van der Waals surface area contributed by atoms with Crippen LogP contribution >= 0.6 is 11.3 Å². The van der Waals surface area contributed by atoms with Crippen LogP contribution in [-0.2, 0) is 16.1 Å². The van der Waals surface area contributed by atoms with E-state index in [9.17, 15) is 9.59 Å². The quantitative estimate of drug-likeness (QED) is 0.451. The van der Waals surface area contributed by atoms with Gasteiger partial charge in [0.05, 0.1) is 11.7 Å². The first kappa shape index (κ1) is 19.1. The highest BCUT2D eigenvalue weighted by molar-refractivity contribution is 7.17. The van der Waals surface area contributed by atoms with Crippen molar-refractivity contribution in [2.24, 2.45) is 0 Å². The van der Waals surface area contributed by atoms with Gasteiger partial charge in [-0.25, -0.2) is 4.98 Å². The summed E-state index contributed by atoms with van der Waals surface area (Å²) in [6, 6.07) is 17.5. The molecule has 0 fully saturated rings.